The van der Waals surface area contributed by atoms with Crippen molar-refractivity contribution in [3.63, 3.8) is 0 Å². The van der Waals surface area contributed by atoms with E-state index in [4.69, 9.17) is 4.79 Å². The third-order valence-corrected chi connectivity index (χ3v) is 0.0962. The second-order valence-electron chi connectivity index (χ2n) is 0.332. The molecule has 0 fully saturated rings. The van der Waals surface area contributed by atoms with Crippen LogP contribution in [0.5, 0.6) is 0 Å². The van der Waals surface area contributed by atoms with Gasteiger partial charge in [-0.1, -0.05) is 0 Å². The number of carbonyl (C=O) groups is 1. The van der Waals surface area contributed by atoms with Gasteiger partial charge in [0.2, 0.25) is 0 Å². The summed E-state index contributed by atoms with van der Waals surface area (Å²) in [4.78, 5) is 8.95. The Morgan fingerprint density at radius 3 is 2.20 bits per heavy atom. The van der Waals surface area contributed by atoms with Gasteiger partial charge in [0.05, 0.1) is 7.11 Å². The van der Waals surface area contributed by atoms with Crippen molar-refractivity contribution in [1.29, 1.82) is 0 Å². The third-order valence-electron chi connectivity index (χ3n) is 0.0962. The molecule has 0 heterocycles. The van der Waals surface area contributed by atoms with Gasteiger partial charge in [-0.3, -0.25) is 4.79 Å². The summed E-state index contributed by atoms with van der Waals surface area (Å²) < 4.78 is 3.86. The molecular formula is C2H6CaO2. The van der Waals surface area contributed by atoms with E-state index in [0.717, 1.165) is 0 Å². The van der Waals surface area contributed by atoms with Crippen LogP contribution in [-0.2, 0) is 9.53 Å². The molecule has 0 rings (SSSR count). The number of carbonyl (C=O) groups excluding carboxylic acids is 1. The first kappa shape index (κ1) is 9.21. The quantitative estimate of drug-likeness (QED) is 0.333. The molecule has 2 nitrogen and oxygen atoms in total. The molecule has 0 aliphatic rings. The molecule has 0 aromatic rings. The molecule has 0 bridgehead atoms. The van der Waals surface area contributed by atoms with Crippen molar-refractivity contribution >= 4 is 44.2 Å². The van der Waals surface area contributed by atoms with Gasteiger partial charge in [-0.05, 0) is 0 Å². The Balaban J connectivity index is -0.0000000150. The summed E-state index contributed by atoms with van der Waals surface area (Å²) in [6.07, 6.45) is 0. The van der Waals surface area contributed by atoms with Gasteiger partial charge in [-0.2, -0.15) is 0 Å². The van der Waals surface area contributed by atoms with E-state index < -0.39 is 0 Å². The van der Waals surface area contributed by atoms with Gasteiger partial charge in [0, 0.05) is 0 Å². The SMILES string of the molecule is COC=O.[Ca+2].[H-].[H-]. The number of ether oxygens (including phenoxy) is 1. The molecule has 0 aromatic carbocycles. The molecule has 0 saturated carbocycles. The van der Waals surface area contributed by atoms with E-state index in [2.05, 4.69) is 4.74 Å². The average Bonchev–Trinajstić information content (AvgIpc) is 1.37. The summed E-state index contributed by atoms with van der Waals surface area (Å²) in [6, 6.07) is 0. The molecule has 0 atom stereocenters. The smallest absolute Gasteiger partial charge is 1.00 e. The first-order valence-corrected chi connectivity index (χ1v) is 0.880. The number of hydrogen-bond donors (Lipinski definition) is 0. The summed E-state index contributed by atoms with van der Waals surface area (Å²) in [6.45, 7) is 0.375. The fourth-order valence-electron chi connectivity index (χ4n) is 0. The maximum Gasteiger partial charge on any atom is 2.00 e. The third kappa shape index (κ3) is 11.8. The van der Waals surface area contributed by atoms with Gasteiger partial charge >= 0.3 is 37.7 Å². The number of methoxy groups -OCH3 is 1. The minimum absolute atomic E-state index is 0. The Kier molecular flexibility index (Phi) is 16.3. The van der Waals surface area contributed by atoms with Crippen LogP contribution in [-0.4, -0.2) is 51.3 Å². The van der Waals surface area contributed by atoms with Crippen LogP contribution in [0.3, 0.4) is 0 Å². The molecule has 5 heavy (non-hydrogen) atoms. The molecular weight excluding hydrogens is 96.1 g/mol. The average molecular weight is 102 g/mol. The topological polar surface area (TPSA) is 26.3 Å². The Labute approximate surface area is 63.5 Å². The van der Waals surface area contributed by atoms with Gasteiger partial charge in [0.25, 0.3) is 6.47 Å². The van der Waals surface area contributed by atoms with Crippen molar-refractivity contribution in [2.45, 2.75) is 0 Å². The fourth-order valence-corrected chi connectivity index (χ4v) is 0. The van der Waals surface area contributed by atoms with Crippen LogP contribution >= 0.6 is 0 Å². The van der Waals surface area contributed by atoms with E-state index in [9.17, 15) is 0 Å². The molecule has 0 N–H and O–H groups in total. The molecule has 0 aliphatic carbocycles. The van der Waals surface area contributed by atoms with Crippen LogP contribution in [0.1, 0.15) is 2.85 Å². The van der Waals surface area contributed by atoms with Crippen molar-refractivity contribution in [1.82, 2.24) is 0 Å². The van der Waals surface area contributed by atoms with Crippen molar-refractivity contribution in [2.75, 3.05) is 7.11 Å². The molecule has 0 unspecified atom stereocenters. The predicted molar refractivity (Wildman–Crippen MR) is 21.1 cm³/mol. The minimum Gasteiger partial charge on any atom is -1.00 e. The molecule has 0 aliphatic heterocycles. The fraction of sp³-hybridized carbons (Fsp3) is 0.500. The van der Waals surface area contributed by atoms with Crippen LogP contribution in [0.2, 0.25) is 0 Å². The zero-order valence-corrected chi connectivity index (χ0v) is 5.31. The van der Waals surface area contributed by atoms with Crippen LogP contribution in [0, 0.1) is 0 Å². The normalized spacial score (nSPS) is 4.20. The molecule has 3 heteroatoms. The van der Waals surface area contributed by atoms with Crippen LogP contribution in [0.15, 0.2) is 0 Å². The van der Waals surface area contributed by atoms with Gasteiger partial charge in [-0.25, -0.2) is 0 Å². The van der Waals surface area contributed by atoms with Crippen LogP contribution < -0.4 is 0 Å². The summed E-state index contributed by atoms with van der Waals surface area (Å²) in [5.41, 5.74) is 0. The largest absolute Gasteiger partial charge is 2.00 e. The van der Waals surface area contributed by atoms with E-state index in [1.165, 1.54) is 7.11 Å². The number of rotatable bonds is 1. The van der Waals surface area contributed by atoms with Crippen molar-refractivity contribution in [3.05, 3.63) is 0 Å². The van der Waals surface area contributed by atoms with Crippen molar-refractivity contribution in [3.8, 4) is 0 Å². The summed E-state index contributed by atoms with van der Waals surface area (Å²) >= 11 is 0. The summed E-state index contributed by atoms with van der Waals surface area (Å²) in [5.74, 6) is 0. The summed E-state index contributed by atoms with van der Waals surface area (Å²) in [5, 5.41) is 0. The first-order valence-electron chi connectivity index (χ1n) is 0.880. The standard InChI is InChI=1S/C2H4O2.Ca.2H/c1-4-2-3;;;/h2H,1H3;;;/q;+2;2*-1. The van der Waals surface area contributed by atoms with Crippen molar-refractivity contribution in [2.24, 2.45) is 0 Å². The maximum absolute atomic E-state index is 8.95. The first-order chi connectivity index (χ1) is 1.91. The van der Waals surface area contributed by atoms with Crippen LogP contribution in [0.25, 0.3) is 0 Å². The van der Waals surface area contributed by atoms with E-state index in [1.807, 2.05) is 0 Å². The second kappa shape index (κ2) is 8.83. The monoisotopic (exact) mass is 102 g/mol. The Morgan fingerprint density at radius 2 is 2.20 bits per heavy atom. The molecule has 0 radical (unpaired) electrons. The predicted octanol–water partition coefficient (Wildman–Crippen LogP) is -0.367. The zero-order chi connectivity index (χ0) is 3.41. The molecule has 28 valence electrons. The molecule has 0 amide bonds. The van der Waals surface area contributed by atoms with E-state index >= 15 is 0 Å². The van der Waals surface area contributed by atoms with Gasteiger partial charge in [0.1, 0.15) is 0 Å². The Hall–Kier alpha value is 0.730. The zero-order valence-electron chi connectivity index (χ0n) is 5.10. The second-order valence-corrected chi connectivity index (χ2v) is 0.332. The Bertz CT molecular complexity index is 27.7. The van der Waals surface area contributed by atoms with Gasteiger partial charge in [0.15, 0.2) is 0 Å². The van der Waals surface area contributed by atoms with Gasteiger partial charge < -0.3 is 7.59 Å². The van der Waals surface area contributed by atoms with E-state index in [0.29, 0.717) is 6.47 Å². The summed E-state index contributed by atoms with van der Waals surface area (Å²) in [7, 11) is 1.31. The Morgan fingerprint density at radius 1 is 2.00 bits per heavy atom. The van der Waals surface area contributed by atoms with Crippen LogP contribution in [0.4, 0.5) is 0 Å². The minimum atomic E-state index is 0. The van der Waals surface area contributed by atoms with E-state index in [1.54, 1.807) is 0 Å². The van der Waals surface area contributed by atoms with Crippen molar-refractivity contribution < 1.29 is 12.4 Å². The number of hydrogen-bond acceptors (Lipinski definition) is 2. The molecule has 0 saturated heterocycles. The molecule has 0 spiro atoms. The van der Waals surface area contributed by atoms with Gasteiger partial charge in [-0.15, -0.1) is 0 Å². The molecule has 0 aromatic heterocycles. The maximum atomic E-state index is 8.95. The van der Waals surface area contributed by atoms with E-state index in [-0.39, 0.29) is 40.6 Å².